The Labute approximate surface area is 179 Å². The van der Waals surface area contributed by atoms with E-state index in [1.165, 1.54) is 10.6 Å². The van der Waals surface area contributed by atoms with Crippen molar-refractivity contribution in [2.75, 3.05) is 18.0 Å². The van der Waals surface area contributed by atoms with E-state index in [0.717, 1.165) is 12.1 Å². The second kappa shape index (κ2) is 8.08. The maximum atomic E-state index is 14.1. The predicted octanol–water partition coefficient (Wildman–Crippen LogP) is 3.18. The molecule has 1 saturated heterocycles. The first kappa shape index (κ1) is 20.9. The molecule has 0 bridgehead atoms. The topological polar surface area (TPSA) is 65.2 Å². The second-order valence-corrected chi connectivity index (χ2v) is 8.12. The number of nitrogens with zero attached hydrogens (tertiary/aromatic N) is 5. The minimum atomic E-state index is -0.457. The molecule has 6 nitrogen and oxygen atoms in total. The van der Waals surface area contributed by atoms with Crippen LogP contribution in [0.2, 0.25) is 0 Å². The Morgan fingerprint density at radius 1 is 1.13 bits per heavy atom. The van der Waals surface area contributed by atoms with Crippen molar-refractivity contribution in [3.63, 3.8) is 0 Å². The van der Waals surface area contributed by atoms with E-state index < -0.39 is 11.6 Å². The van der Waals surface area contributed by atoms with Crippen LogP contribution in [0.1, 0.15) is 25.1 Å². The zero-order chi connectivity index (χ0) is 22.3. The number of fused-ring (bicyclic) bond motifs is 1. The zero-order valence-corrected chi connectivity index (χ0v) is 17.6. The van der Waals surface area contributed by atoms with Gasteiger partial charge in [0.2, 0.25) is 0 Å². The number of hydrogen-bond acceptors (Lipinski definition) is 5. The molecule has 0 saturated carbocycles. The van der Waals surface area contributed by atoms with E-state index in [1.807, 2.05) is 13.8 Å². The molecular weight excluding hydrogens is 400 g/mol. The third-order valence-corrected chi connectivity index (χ3v) is 5.99. The summed E-state index contributed by atoms with van der Waals surface area (Å²) in [5.41, 5.74) is 2.40. The molecule has 3 heterocycles. The van der Waals surface area contributed by atoms with E-state index in [1.54, 1.807) is 25.2 Å². The Morgan fingerprint density at radius 3 is 2.65 bits per heavy atom. The molecule has 0 N–H and O–H groups in total. The number of benzene rings is 1. The van der Waals surface area contributed by atoms with Crippen LogP contribution in [0.15, 0.2) is 41.2 Å². The lowest BCUT2D eigenvalue weighted by Crippen LogP contribution is -2.56. The lowest BCUT2D eigenvalue weighted by Gasteiger charge is -2.45. The predicted molar refractivity (Wildman–Crippen MR) is 115 cm³/mol. The van der Waals surface area contributed by atoms with Gasteiger partial charge < -0.3 is 9.47 Å². The fourth-order valence-corrected chi connectivity index (χ4v) is 4.23. The number of hydrogen-bond donors (Lipinski definition) is 0. The van der Waals surface area contributed by atoms with Crippen molar-refractivity contribution in [1.29, 1.82) is 5.26 Å². The molecule has 1 fully saturated rings. The van der Waals surface area contributed by atoms with Gasteiger partial charge in [-0.2, -0.15) is 5.26 Å². The molecule has 2 aromatic heterocycles. The Balaban J connectivity index is 1.68. The minimum Gasteiger partial charge on any atom is -0.364 e. The van der Waals surface area contributed by atoms with E-state index in [2.05, 4.69) is 20.9 Å². The van der Waals surface area contributed by atoms with Gasteiger partial charge in [-0.1, -0.05) is 0 Å². The smallest absolute Gasteiger partial charge is 0.252 e. The van der Waals surface area contributed by atoms with E-state index in [-0.39, 0.29) is 23.3 Å². The van der Waals surface area contributed by atoms with Crippen LogP contribution in [-0.2, 0) is 13.6 Å². The van der Waals surface area contributed by atoms with Crippen LogP contribution in [0.3, 0.4) is 0 Å². The van der Waals surface area contributed by atoms with Gasteiger partial charge >= 0.3 is 0 Å². The lowest BCUT2D eigenvalue weighted by molar-refractivity contribution is 0.156. The van der Waals surface area contributed by atoms with E-state index in [4.69, 9.17) is 0 Å². The first-order valence-electron chi connectivity index (χ1n) is 10.1. The van der Waals surface area contributed by atoms with Crippen molar-refractivity contribution in [3.05, 3.63) is 69.6 Å². The number of rotatable bonds is 3. The van der Waals surface area contributed by atoms with Gasteiger partial charge in [-0.3, -0.25) is 9.69 Å². The fourth-order valence-electron chi connectivity index (χ4n) is 4.23. The van der Waals surface area contributed by atoms with Crippen LogP contribution < -0.4 is 10.5 Å². The van der Waals surface area contributed by atoms with Gasteiger partial charge in [-0.15, -0.1) is 0 Å². The molecule has 1 aliphatic heterocycles. The summed E-state index contributed by atoms with van der Waals surface area (Å²) in [5, 5.41) is 9.27. The highest BCUT2D eigenvalue weighted by atomic mass is 19.1. The van der Waals surface area contributed by atoms with E-state index >= 15 is 0 Å². The minimum absolute atomic E-state index is 0.00401. The second-order valence-electron chi connectivity index (χ2n) is 8.12. The number of aromatic nitrogens is 2. The first-order chi connectivity index (χ1) is 14.8. The van der Waals surface area contributed by atoms with Crippen molar-refractivity contribution >= 4 is 16.7 Å². The van der Waals surface area contributed by atoms with Gasteiger partial charge in [-0.05, 0) is 44.2 Å². The molecule has 1 aliphatic rings. The van der Waals surface area contributed by atoms with E-state index in [9.17, 15) is 18.8 Å². The van der Waals surface area contributed by atoms with Gasteiger partial charge in [0, 0.05) is 50.4 Å². The molecular formula is C23H23F2N5O. The standard InChI is InChI=1S/C23H23F2N5O/c1-14-12-30(15(2)11-29(14)13-16-8-17(24)4-6-19(16)25)21-9-22(31)28(3)20-7-5-18(10-26)27-23(20)21/h4-9,14-15H,11-13H2,1-3H3/t14-,15+/m1/s1. The quantitative estimate of drug-likeness (QED) is 0.648. The van der Waals surface area contributed by atoms with Gasteiger partial charge in [-0.25, -0.2) is 13.8 Å². The molecule has 0 radical (unpaired) electrons. The van der Waals surface area contributed by atoms with E-state index in [0.29, 0.717) is 41.9 Å². The maximum absolute atomic E-state index is 14.1. The molecule has 0 aliphatic carbocycles. The molecule has 3 aromatic rings. The average Bonchev–Trinajstić information content (AvgIpc) is 2.75. The fraction of sp³-hybridized carbons (Fsp3) is 0.348. The highest BCUT2D eigenvalue weighted by molar-refractivity contribution is 5.89. The zero-order valence-electron chi connectivity index (χ0n) is 17.6. The van der Waals surface area contributed by atoms with Crippen LogP contribution >= 0.6 is 0 Å². The highest BCUT2D eigenvalue weighted by Crippen LogP contribution is 2.29. The summed E-state index contributed by atoms with van der Waals surface area (Å²) in [4.78, 5) is 21.3. The SMILES string of the molecule is C[C@@H]1CN(c2cc(=O)n(C)c3ccc(C#N)nc23)[C@@H](C)CN1Cc1cc(F)ccc1F. The van der Waals surface area contributed by atoms with Crippen molar-refractivity contribution in [2.45, 2.75) is 32.5 Å². The van der Waals surface area contributed by atoms with Gasteiger partial charge in [0.05, 0.1) is 11.2 Å². The number of piperazine rings is 1. The van der Waals surface area contributed by atoms with Crippen molar-refractivity contribution < 1.29 is 8.78 Å². The molecule has 31 heavy (non-hydrogen) atoms. The van der Waals surface area contributed by atoms with Crippen molar-refractivity contribution in [2.24, 2.45) is 7.05 Å². The van der Waals surface area contributed by atoms with Gasteiger partial charge in [0.1, 0.15) is 28.9 Å². The van der Waals surface area contributed by atoms with Crippen LogP contribution in [0.25, 0.3) is 11.0 Å². The Morgan fingerprint density at radius 2 is 1.90 bits per heavy atom. The summed E-state index contributed by atoms with van der Waals surface area (Å²) in [5.74, 6) is -0.879. The number of anilines is 1. The largest absolute Gasteiger partial charge is 0.364 e. The molecule has 2 atom stereocenters. The number of nitriles is 1. The van der Waals surface area contributed by atoms with Gasteiger partial charge in [0.15, 0.2) is 0 Å². The summed E-state index contributed by atoms with van der Waals surface area (Å²) in [7, 11) is 1.68. The van der Waals surface area contributed by atoms with Crippen molar-refractivity contribution in [1.82, 2.24) is 14.5 Å². The molecule has 0 unspecified atom stereocenters. The van der Waals surface area contributed by atoms with Crippen LogP contribution in [0, 0.1) is 23.0 Å². The Hall–Kier alpha value is -3.31. The molecule has 0 amide bonds. The summed E-state index contributed by atoms with van der Waals surface area (Å²) in [6.45, 7) is 5.54. The van der Waals surface area contributed by atoms with Gasteiger partial charge in [0.25, 0.3) is 5.56 Å². The third kappa shape index (κ3) is 3.89. The molecule has 160 valence electrons. The normalized spacial score (nSPS) is 19.5. The number of pyridine rings is 2. The number of halogens is 2. The highest BCUT2D eigenvalue weighted by Gasteiger charge is 2.31. The number of aryl methyl sites for hydroxylation is 1. The summed E-state index contributed by atoms with van der Waals surface area (Å²) >= 11 is 0. The van der Waals surface area contributed by atoms with Crippen LogP contribution in [0.5, 0.6) is 0 Å². The first-order valence-corrected chi connectivity index (χ1v) is 10.1. The summed E-state index contributed by atoms with van der Waals surface area (Å²) in [6, 6.07) is 10.5. The lowest BCUT2D eigenvalue weighted by atomic mass is 10.0. The third-order valence-electron chi connectivity index (χ3n) is 5.99. The Kier molecular flexibility index (Phi) is 5.46. The van der Waals surface area contributed by atoms with Crippen LogP contribution in [-0.4, -0.2) is 39.6 Å². The summed E-state index contributed by atoms with van der Waals surface area (Å²) in [6.07, 6.45) is 0. The summed E-state index contributed by atoms with van der Waals surface area (Å²) < 4.78 is 29.2. The monoisotopic (exact) mass is 423 g/mol. The molecule has 0 spiro atoms. The maximum Gasteiger partial charge on any atom is 0.252 e. The molecule has 8 heteroatoms. The van der Waals surface area contributed by atoms with Crippen molar-refractivity contribution in [3.8, 4) is 6.07 Å². The molecule has 4 rings (SSSR count). The molecule has 1 aromatic carbocycles. The Bertz CT molecular complexity index is 1250. The van der Waals surface area contributed by atoms with Crippen LogP contribution in [0.4, 0.5) is 14.5 Å². The average molecular weight is 423 g/mol.